The van der Waals surface area contributed by atoms with Gasteiger partial charge in [-0.25, -0.2) is 0 Å². The third-order valence-corrected chi connectivity index (χ3v) is 2.71. The Morgan fingerprint density at radius 1 is 1.40 bits per heavy atom. The zero-order valence-electron chi connectivity index (χ0n) is 8.58. The van der Waals surface area contributed by atoms with E-state index in [2.05, 4.69) is 11.9 Å². The highest BCUT2D eigenvalue weighted by molar-refractivity contribution is 6.01. The summed E-state index contributed by atoms with van der Waals surface area (Å²) in [5, 5.41) is 2.67. The molecule has 0 aromatic heterocycles. The van der Waals surface area contributed by atoms with Crippen LogP contribution in [-0.2, 0) is 9.59 Å². The molecule has 1 N–H and O–H groups in total. The van der Waals surface area contributed by atoms with Gasteiger partial charge >= 0.3 is 0 Å². The van der Waals surface area contributed by atoms with Crippen LogP contribution in [0.25, 0.3) is 0 Å². The Morgan fingerprint density at radius 2 is 2.20 bits per heavy atom. The van der Waals surface area contributed by atoms with Crippen molar-refractivity contribution in [3.8, 4) is 0 Å². The molecule has 0 saturated carbocycles. The summed E-state index contributed by atoms with van der Waals surface area (Å²) in [5.74, 6) is -0.0517. The Balaban J connectivity index is 2.33. The first-order valence-corrected chi connectivity index (χ1v) is 5.14. The number of nitrogens with zero attached hydrogens (tertiary/aromatic N) is 1. The number of nitrogens with one attached hydrogen (secondary N) is 1. The molecule has 4 heteroatoms. The van der Waals surface area contributed by atoms with E-state index in [4.69, 9.17) is 0 Å². The van der Waals surface area contributed by atoms with Gasteiger partial charge in [0.25, 0.3) is 0 Å². The lowest BCUT2D eigenvalue weighted by Gasteiger charge is -2.34. The van der Waals surface area contributed by atoms with Crippen LogP contribution in [0.3, 0.4) is 0 Å². The Morgan fingerprint density at radius 3 is 2.93 bits per heavy atom. The van der Waals surface area contributed by atoms with E-state index in [0.717, 1.165) is 18.5 Å². The van der Waals surface area contributed by atoms with Crippen molar-refractivity contribution in [3.63, 3.8) is 0 Å². The molecule has 1 heterocycles. The van der Waals surface area contributed by atoms with Gasteiger partial charge in [-0.1, -0.05) is 6.08 Å². The SMILES string of the molecule is C=CCN1CC(=O)NC2=C1CCCC2=O. The molecule has 1 aliphatic heterocycles. The van der Waals surface area contributed by atoms with Gasteiger partial charge in [0.15, 0.2) is 5.78 Å². The standard InChI is InChI=1S/C11H14N2O2/c1-2-6-13-7-10(15)12-11-8(13)4-3-5-9(11)14/h2H,1,3-7H2,(H,12,15). The highest BCUT2D eigenvalue weighted by Gasteiger charge is 2.30. The Kier molecular flexibility index (Phi) is 2.58. The second-order valence-corrected chi connectivity index (χ2v) is 3.82. The number of hydrogen-bond donors (Lipinski definition) is 1. The number of rotatable bonds is 2. The highest BCUT2D eigenvalue weighted by Crippen LogP contribution is 2.25. The molecule has 2 aliphatic rings. The molecular weight excluding hydrogens is 192 g/mol. The van der Waals surface area contributed by atoms with Crippen LogP contribution in [-0.4, -0.2) is 29.7 Å². The molecule has 1 aliphatic carbocycles. The van der Waals surface area contributed by atoms with Gasteiger partial charge in [-0.3, -0.25) is 9.59 Å². The molecule has 0 radical (unpaired) electrons. The fourth-order valence-corrected chi connectivity index (χ4v) is 2.06. The van der Waals surface area contributed by atoms with Crippen molar-refractivity contribution in [1.82, 2.24) is 10.2 Å². The molecule has 0 aromatic carbocycles. The first-order valence-electron chi connectivity index (χ1n) is 5.14. The van der Waals surface area contributed by atoms with Crippen LogP contribution < -0.4 is 5.32 Å². The highest BCUT2D eigenvalue weighted by atomic mass is 16.2. The molecule has 0 aromatic rings. The summed E-state index contributed by atoms with van der Waals surface area (Å²) in [6.07, 6.45) is 4.04. The van der Waals surface area contributed by atoms with Crippen molar-refractivity contribution in [2.45, 2.75) is 19.3 Å². The summed E-state index contributed by atoms with van der Waals surface area (Å²) in [7, 11) is 0. The summed E-state index contributed by atoms with van der Waals surface area (Å²) >= 11 is 0. The predicted molar refractivity (Wildman–Crippen MR) is 55.8 cm³/mol. The molecule has 0 unspecified atom stereocenters. The van der Waals surface area contributed by atoms with Gasteiger partial charge in [-0.05, 0) is 12.8 Å². The number of carbonyl (C=O) groups excluding carboxylic acids is 2. The van der Waals surface area contributed by atoms with Gasteiger partial charge in [0, 0.05) is 18.7 Å². The number of carbonyl (C=O) groups is 2. The maximum absolute atomic E-state index is 11.6. The summed E-state index contributed by atoms with van der Waals surface area (Å²) in [6.45, 7) is 4.61. The molecule has 2 rings (SSSR count). The average Bonchev–Trinajstić information content (AvgIpc) is 2.20. The Hall–Kier alpha value is -1.58. The van der Waals surface area contributed by atoms with Crippen LogP contribution in [0.1, 0.15) is 19.3 Å². The van der Waals surface area contributed by atoms with Crippen molar-refractivity contribution >= 4 is 11.7 Å². The molecule has 0 bridgehead atoms. The van der Waals surface area contributed by atoms with Crippen LogP contribution in [0.5, 0.6) is 0 Å². The smallest absolute Gasteiger partial charge is 0.244 e. The van der Waals surface area contributed by atoms with E-state index in [0.29, 0.717) is 25.2 Å². The maximum atomic E-state index is 11.6. The molecule has 15 heavy (non-hydrogen) atoms. The van der Waals surface area contributed by atoms with E-state index in [1.54, 1.807) is 6.08 Å². The van der Waals surface area contributed by atoms with E-state index < -0.39 is 0 Å². The third-order valence-electron chi connectivity index (χ3n) is 2.71. The maximum Gasteiger partial charge on any atom is 0.244 e. The van der Waals surface area contributed by atoms with Crippen LogP contribution in [0, 0.1) is 0 Å². The van der Waals surface area contributed by atoms with Crippen LogP contribution in [0.2, 0.25) is 0 Å². The Bertz CT molecular complexity index is 358. The molecule has 0 spiro atoms. The van der Waals surface area contributed by atoms with Crippen LogP contribution in [0.15, 0.2) is 24.0 Å². The van der Waals surface area contributed by atoms with E-state index >= 15 is 0 Å². The number of allylic oxidation sites excluding steroid dienone is 2. The summed E-state index contributed by atoms with van der Waals surface area (Å²) < 4.78 is 0. The lowest BCUT2D eigenvalue weighted by molar-refractivity contribution is -0.125. The van der Waals surface area contributed by atoms with E-state index in [-0.39, 0.29) is 11.7 Å². The lowest BCUT2D eigenvalue weighted by Crippen LogP contribution is -2.46. The Labute approximate surface area is 88.6 Å². The minimum absolute atomic E-state index is 0.0540. The number of hydrogen-bond acceptors (Lipinski definition) is 3. The van der Waals surface area contributed by atoms with E-state index in [1.165, 1.54) is 0 Å². The molecule has 0 fully saturated rings. The molecular formula is C11H14N2O2. The topological polar surface area (TPSA) is 49.4 Å². The first-order chi connectivity index (χ1) is 7.22. The van der Waals surface area contributed by atoms with Gasteiger partial charge in [0.05, 0.1) is 6.54 Å². The zero-order chi connectivity index (χ0) is 10.8. The van der Waals surface area contributed by atoms with Crippen molar-refractivity contribution < 1.29 is 9.59 Å². The van der Waals surface area contributed by atoms with Gasteiger partial charge in [0.1, 0.15) is 5.70 Å². The summed E-state index contributed by atoms with van der Waals surface area (Å²) in [4.78, 5) is 24.9. The molecule has 0 atom stereocenters. The summed E-state index contributed by atoms with van der Waals surface area (Å²) in [6, 6.07) is 0. The molecule has 4 nitrogen and oxygen atoms in total. The van der Waals surface area contributed by atoms with Crippen molar-refractivity contribution in [1.29, 1.82) is 0 Å². The molecule has 1 amide bonds. The van der Waals surface area contributed by atoms with Gasteiger partial charge < -0.3 is 10.2 Å². The number of ketones is 1. The van der Waals surface area contributed by atoms with Crippen LogP contribution in [0.4, 0.5) is 0 Å². The molecule has 0 saturated heterocycles. The normalized spacial score (nSPS) is 21.2. The van der Waals surface area contributed by atoms with Crippen LogP contribution >= 0.6 is 0 Å². The second kappa shape index (κ2) is 3.88. The lowest BCUT2D eigenvalue weighted by atomic mass is 9.97. The third kappa shape index (κ3) is 1.79. The van der Waals surface area contributed by atoms with Gasteiger partial charge in [-0.15, -0.1) is 6.58 Å². The average molecular weight is 206 g/mol. The fourth-order valence-electron chi connectivity index (χ4n) is 2.06. The van der Waals surface area contributed by atoms with Gasteiger partial charge in [0.2, 0.25) is 5.91 Å². The summed E-state index contributed by atoms with van der Waals surface area (Å²) in [5.41, 5.74) is 1.49. The predicted octanol–water partition coefficient (Wildman–Crippen LogP) is 0.569. The van der Waals surface area contributed by atoms with E-state index in [1.807, 2.05) is 4.90 Å². The zero-order valence-corrected chi connectivity index (χ0v) is 8.58. The largest absolute Gasteiger partial charge is 0.360 e. The number of Topliss-reactive ketones (excluding diaryl/α,β-unsaturated/α-hetero) is 1. The quantitative estimate of drug-likeness (QED) is 0.672. The fraction of sp³-hybridized carbons (Fsp3) is 0.455. The number of amides is 1. The van der Waals surface area contributed by atoms with Crippen molar-refractivity contribution in [2.24, 2.45) is 0 Å². The minimum atomic E-state index is -0.106. The van der Waals surface area contributed by atoms with Gasteiger partial charge in [-0.2, -0.15) is 0 Å². The monoisotopic (exact) mass is 206 g/mol. The molecule has 80 valence electrons. The second-order valence-electron chi connectivity index (χ2n) is 3.82. The minimum Gasteiger partial charge on any atom is -0.360 e. The van der Waals surface area contributed by atoms with Crippen molar-refractivity contribution in [3.05, 3.63) is 24.0 Å². The van der Waals surface area contributed by atoms with E-state index in [9.17, 15) is 9.59 Å². The van der Waals surface area contributed by atoms with Crippen molar-refractivity contribution in [2.75, 3.05) is 13.1 Å². The first kappa shape index (κ1) is 9.96.